The van der Waals surface area contributed by atoms with E-state index in [0.717, 1.165) is 11.8 Å². The maximum atomic E-state index is 8.99. The zero-order valence-corrected chi connectivity index (χ0v) is 16.5. The van der Waals surface area contributed by atoms with E-state index in [1.54, 1.807) is 0 Å². The summed E-state index contributed by atoms with van der Waals surface area (Å²) in [7, 11) is 0. The highest BCUT2D eigenvalue weighted by Gasteiger charge is 2.47. The van der Waals surface area contributed by atoms with Gasteiger partial charge in [-0.25, -0.2) is 0 Å². The van der Waals surface area contributed by atoms with Gasteiger partial charge in [-0.05, 0) is 81.5 Å². The Kier molecular flexibility index (Phi) is 8.23. The number of hydrogen-bond donors (Lipinski definition) is 2. The largest absolute Gasteiger partial charge is 0.394 e. The number of hydrogen-bond acceptors (Lipinski definition) is 4. The first kappa shape index (κ1) is 20.6. The molecule has 4 heteroatoms. The maximum absolute atomic E-state index is 8.99. The number of rotatable bonds is 8. The molecule has 152 valence electrons. The molecule has 3 fully saturated rings. The third-order valence-corrected chi connectivity index (χ3v) is 7.65. The molecule has 0 radical (unpaired) electrons. The fraction of sp³-hybridized carbons (Fsp3) is 1.00. The lowest BCUT2D eigenvalue weighted by Crippen LogP contribution is -2.44. The van der Waals surface area contributed by atoms with Gasteiger partial charge in [0.05, 0.1) is 38.6 Å². The molecule has 3 rings (SSSR count). The topological polar surface area (TPSA) is 58.9 Å². The fourth-order valence-corrected chi connectivity index (χ4v) is 6.41. The van der Waals surface area contributed by atoms with Gasteiger partial charge in [-0.2, -0.15) is 0 Å². The van der Waals surface area contributed by atoms with E-state index in [0.29, 0.717) is 30.8 Å². The molecule has 26 heavy (non-hydrogen) atoms. The molecular weight excluding hydrogens is 328 g/mol. The van der Waals surface area contributed by atoms with Gasteiger partial charge in [0.1, 0.15) is 0 Å². The van der Waals surface area contributed by atoms with Crippen LogP contribution < -0.4 is 0 Å². The molecule has 0 aliphatic heterocycles. The highest BCUT2D eigenvalue weighted by molar-refractivity contribution is 4.97. The summed E-state index contributed by atoms with van der Waals surface area (Å²) in [6, 6.07) is 0. The summed E-state index contributed by atoms with van der Waals surface area (Å²) in [5, 5.41) is 18.0. The lowest BCUT2D eigenvalue weighted by Gasteiger charge is -2.53. The molecule has 2 N–H and O–H groups in total. The Morgan fingerprint density at radius 3 is 1.42 bits per heavy atom. The first-order valence-corrected chi connectivity index (χ1v) is 11.2. The van der Waals surface area contributed by atoms with Crippen molar-refractivity contribution in [1.82, 2.24) is 0 Å². The summed E-state index contributed by atoms with van der Waals surface area (Å²) < 4.78 is 11.6. The molecule has 0 unspecified atom stereocenters. The van der Waals surface area contributed by atoms with Gasteiger partial charge in [0.15, 0.2) is 0 Å². The van der Waals surface area contributed by atoms with Crippen molar-refractivity contribution in [3.63, 3.8) is 0 Å². The van der Waals surface area contributed by atoms with Crippen molar-refractivity contribution in [1.29, 1.82) is 0 Å². The minimum absolute atomic E-state index is 0.144. The second-order valence-corrected chi connectivity index (χ2v) is 8.93. The van der Waals surface area contributed by atoms with Gasteiger partial charge < -0.3 is 19.7 Å². The molecule has 3 aliphatic rings. The summed E-state index contributed by atoms with van der Waals surface area (Å²) in [6.45, 7) is 1.29. The van der Waals surface area contributed by atoms with Crippen molar-refractivity contribution in [2.75, 3.05) is 26.4 Å². The Labute approximate surface area is 159 Å². The average Bonchev–Trinajstić information content (AvgIpc) is 2.72. The molecular formula is C22H40O4. The van der Waals surface area contributed by atoms with Crippen LogP contribution in [0.3, 0.4) is 0 Å². The molecule has 0 aromatic carbocycles. The molecule has 0 aromatic rings. The predicted octanol–water partition coefficient (Wildman–Crippen LogP) is 4.07. The molecule has 0 amide bonds. The van der Waals surface area contributed by atoms with Crippen LogP contribution in [0, 0.1) is 17.3 Å². The van der Waals surface area contributed by atoms with Gasteiger partial charge in [-0.1, -0.05) is 19.3 Å². The van der Waals surface area contributed by atoms with Crippen molar-refractivity contribution in [3.8, 4) is 0 Å². The molecule has 0 aromatic heterocycles. The van der Waals surface area contributed by atoms with E-state index in [1.165, 1.54) is 83.5 Å². The first-order chi connectivity index (χ1) is 12.8. The van der Waals surface area contributed by atoms with Gasteiger partial charge in [0.25, 0.3) is 0 Å². The van der Waals surface area contributed by atoms with E-state index in [4.69, 9.17) is 19.7 Å². The van der Waals surface area contributed by atoms with Crippen molar-refractivity contribution < 1.29 is 19.7 Å². The smallest absolute Gasteiger partial charge is 0.0701 e. The number of aliphatic hydroxyl groups excluding tert-OH is 2. The Morgan fingerprint density at radius 1 is 0.615 bits per heavy atom. The summed E-state index contributed by atoms with van der Waals surface area (Å²) in [6.07, 6.45) is 17.9. The molecule has 3 aliphatic carbocycles. The van der Waals surface area contributed by atoms with Crippen molar-refractivity contribution in [2.24, 2.45) is 17.3 Å². The number of ether oxygens (including phenoxy) is 2. The van der Waals surface area contributed by atoms with Crippen LogP contribution in [0.5, 0.6) is 0 Å². The van der Waals surface area contributed by atoms with Crippen molar-refractivity contribution >= 4 is 0 Å². The highest BCUT2D eigenvalue weighted by Crippen LogP contribution is 2.56. The molecule has 0 bridgehead atoms. The Bertz CT molecular complexity index is 348. The SMILES string of the molecule is OCCOC1CCC(C2(C3CCC(OCCO)CC3)CCCCC2)CC1. The van der Waals surface area contributed by atoms with Gasteiger partial charge in [0, 0.05) is 0 Å². The van der Waals surface area contributed by atoms with Crippen LogP contribution in [0.15, 0.2) is 0 Å². The van der Waals surface area contributed by atoms with Crippen molar-refractivity contribution in [2.45, 2.75) is 95.7 Å². The fourth-order valence-electron chi connectivity index (χ4n) is 6.41. The van der Waals surface area contributed by atoms with Gasteiger partial charge >= 0.3 is 0 Å². The minimum atomic E-state index is 0.144. The van der Waals surface area contributed by atoms with E-state index in [-0.39, 0.29) is 13.2 Å². The van der Waals surface area contributed by atoms with E-state index < -0.39 is 0 Å². The lowest BCUT2D eigenvalue weighted by molar-refractivity contribution is -0.0694. The van der Waals surface area contributed by atoms with E-state index in [1.807, 2.05) is 0 Å². The first-order valence-electron chi connectivity index (χ1n) is 11.2. The third-order valence-electron chi connectivity index (χ3n) is 7.65. The monoisotopic (exact) mass is 368 g/mol. The maximum Gasteiger partial charge on any atom is 0.0701 e. The van der Waals surface area contributed by atoms with Crippen LogP contribution >= 0.6 is 0 Å². The summed E-state index contributed by atoms with van der Waals surface area (Å²) >= 11 is 0. The highest BCUT2D eigenvalue weighted by atomic mass is 16.5. The third kappa shape index (κ3) is 5.01. The average molecular weight is 369 g/mol. The number of aliphatic hydroxyl groups is 2. The van der Waals surface area contributed by atoms with Gasteiger partial charge in [0.2, 0.25) is 0 Å². The second-order valence-electron chi connectivity index (χ2n) is 8.93. The molecule has 4 nitrogen and oxygen atoms in total. The van der Waals surface area contributed by atoms with E-state index in [9.17, 15) is 0 Å². The zero-order valence-electron chi connectivity index (χ0n) is 16.5. The standard InChI is InChI=1S/C22H40O4/c23-14-16-25-20-8-4-18(5-9-20)22(12-2-1-3-13-22)19-6-10-21(11-7-19)26-17-15-24/h18-21,23-24H,1-17H2. The Balaban J connectivity index is 1.57. The van der Waals surface area contributed by atoms with Crippen LogP contribution in [0.1, 0.15) is 83.5 Å². The van der Waals surface area contributed by atoms with Crippen LogP contribution in [-0.2, 0) is 9.47 Å². The molecule has 0 saturated heterocycles. The van der Waals surface area contributed by atoms with Crippen LogP contribution in [-0.4, -0.2) is 48.8 Å². The van der Waals surface area contributed by atoms with E-state index in [2.05, 4.69) is 0 Å². The quantitative estimate of drug-likeness (QED) is 0.678. The molecule has 3 saturated carbocycles. The molecule has 0 heterocycles. The lowest BCUT2D eigenvalue weighted by atomic mass is 9.53. The van der Waals surface area contributed by atoms with Crippen LogP contribution in [0.4, 0.5) is 0 Å². The summed E-state index contributed by atoms with van der Waals surface area (Å²) in [5.74, 6) is 1.74. The molecule has 0 atom stereocenters. The Morgan fingerprint density at radius 2 is 1.04 bits per heavy atom. The van der Waals surface area contributed by atoms with Crippen molar-refractivity contribution in [3.05, 3.63) is 0 Å². The summed E-state index contributed by atoms with van der Waals surface area (Å²) in [4.78, 5) is 0. The normalized spacial score (nSPS) is 35.3. The molecule has 0 spiro atoms. The Hall–Kier alpha value is -0.160. The minimum Gasteiger partial charge on any atom is -0.394 e. The van der Waals surface area contributed by atoms with Gasteiger partial charge in [-0.3, -0.25) is 0 Å². The summed E-state index contributed by atoms with van der Waals surface area (Å²) in [5.41, 5.74) is 0.572. The van der Waals surface area contributed by atoms with E-state index >= 15 is 0 Å². The zero-order chi connectivity index (χ0) is 18.2. The second kappa shape index (κ2) is 10.4. The van der Waals surface area contributed by atoms with Gasteiger partial charge in [-0.15, -0.1) is 0 Å². The van der Waals surface area contributed by atoms with Crippen LogP contribution in [0.2, 0.25) is 0 Å². The predicted molar refractivity (Wildman–Crippen MR) is 103 cm³/mol. The van der Waals surface area contributed by atoms with Crippen LogP contribution in [0.25, 0.3) is 0 Å².